The Morgan fingerprint density at radius 1 is 1.22 bits per heavy atom. The molecule has 1 amide bonds. The van der Waals surface area contributed by atoms with Crippen LogP contribution in [0.2, 0.25) is 0 Å². The molecule has 8 heteroatoms. The first-order valence-corrected chi connectivity index (χ1v) is 10.4. The molecule has 0 unspecified atom stereocenters. The standard InChI is InChI=1S/C19H26N2O5S/c1-14(2)21(3)27(24,25)17-11-9-16(10-12-17)20-18(22)13-26-19(23)15-7-5-4-6-8-15/h4-5,9-12,14-15H,6-8,13H2,1-3H3,(H,20,22)/t15-/m0/s1. The second kappa shape index (κ2) is 9.14. The highest BCUT2D eigenvalue weighted by molar-refractivity contribution is 7.89. The van der Waals surface area contributed by atoms with Gasteiger partial charge in [0, 0.05) is 18.8 Å². The molecule has 0 aliphatic heterocycles. The van der Waals surface area contributed by atoms with E-state index in [2.05, 4.69) is 5.32 Å². The van der Waals surface area contributed by atoms with Crippen LogP contribution in [0.4, 0.5) is 5.69 Å². The fourth-order valence-corrected chi connectivity index (χ4v) is 3.98. The van der Waals surface area contributed by atoms with Crippen molar-refractivity contribution in [2.45, 2.75) is 44.0 Å². The van der Waals surface area contributed by atoms with Crippen LogP contribution in [0.25, 0.3) is 0 Å². The van der Waals surface area contributed by atoms with E-state index in [4.69, 9.17) is 4.74 Å². The fourth-order valence-electron chi connectivity index (χ4n) is 2.61. The topological polar surface area (TPSA) is 92.8 Å². The second-order valence-electron chi connectivity index (χ2n) is 6.78. The van der Waals surface area contributed by atoms with Gasteiger partial charge in [-0.2, -0.15) is 4.31 Å². The lowest BCUT2D eigenvalue weighted by atomic mass is 9.95. The molecule has 0 radical (unpaired) electrons. The number of benzene rings is 1. The van der Waals surface area contributed by atoms with Gasteiger partial charge in [0.2, 0.25) is 10.0 Å². The number of esters is 1. The summed E-state index contributed by atoms with van der Waals surface area (Å²) in [6.45, 7) is 3.21. The molecule has 0 fully saturated rings. The summed E-state index contributed by atoms with van der Waals surface area (Å²) < 4.78 is 31.2. The van der Waals surface area contributed by atoms with Crippen LogP contribution in [0.1, 0.15) is 33.1 Å². The van der Waals surface area contributed by atoms with Gasteiger partial charge in [0.1, 0.15) is 0 Å². The van der Waals surface area contributed by atoms with Gasteiger partial charge >= 0.3 is 5.97 Å². The van der Waals surface area contributed by atoms with Crippen LogP contribution < -0.4 is 5.32 Å². The third kappa shape index (κ3) is 5.64. The lowest BCUT2D eigenvalue weighted by molar-refractivity contribution is -0.151. The highest BCUT2D eigenvalue weighted by Gasteiger charge is 2.23. The Kier molecular flexibility index (Phi) is 7.15. The molecule has 1 aliphatic rings. The van der Waals surface area contributed by atoms with Gasteiger partial charge in [-0.1, -0.05) is 12.2 Å². The molecular weight excluding hydrogens is 368 g/mol. The third-order valence-corrected chi connectivity index (χ3v) is 6.54. The summed E-state index contributed by atoms with van der Waals surface area (Å²) >= 11 is 0. The first-order valence-electron chi connectivity index (χ1n) is 8.91. The summed E-state index contributed by atoms with van der Waals surface area (Å²) in [5.41, 5.74) is 0.433. The molecule has 1 aromatic carbocycles. The number of anilines is 1. The van der Waals surface area contributed by atoms with Crippen molar-refractivity contribution in [1.29, 1.82) is 0 Å². The highest BCUT2D eigenvalue weighted by atomic mass is 32.2. The molecule has 1 aliphatic carbocycles. The van der Waals surface area contributed by atoms with Gasteiger partial charge in [0.25, 0.3) is 5.91 Å². The number of rotatable bonds is 7. The van der Waals surface area contributed by atoms with Gasteiger partial charge in [0.05, 0.1) is 10.8 Å². The van der Waals surface area contributed by atoms with Crippen LogP contribution >= 0.6 is 0 Å². The van der Waals surface area contributed by atoms with Crippen molar-refractivity contribution in [2.24, 2.45) is 5.92 Å². The van der Waals surface area contributed by atoms with Crippen molar-refractivity contribution in [3.63, 3.8) is 0 Å². The van der Waals surface area contributed by atoms with Crippen LogP contribution in [0, 0.1) is 5.92 Å². The van der Waals surface area contributed by atoms with E-state index >= 15 is 0 Å². The maximum Gasteiger partial charge on any atom is 0.309 e. The van der Waals surface area contributed by atoms with E-state index in [9.17, 15) is 18.0 Å². The number of hydrogen-bond donors (Lipinski definition) is 1. The predicted octanol–water partition coefficient (Wildman–Crippen LogP) is 2.55. The SMILES string of the molecule is CC(C)N(C)S(=O)(=O)c1ccc(NC(=O)COC(=O)[C@H]2CC=CCC2)cc1. The van der Waals surface area contributed by atoms with Crippen molar-refractivity contribution in [3.8, 4) is 0 Å². The first-order chi connectivity index (χ1) is 12.7. The van der Waals surface area contributed by atoms with Crippen molar-refractivity contribution in [1.82, 2.24) is 4.31 Å². The number of allylic oxidation sites excluding steroid dienone is 2. The second-order valence-corrected chi connectivity index (χ2v) is 8.77. The summed E-state index contributed by atoms with van der Waals surface area (Å²) in [5.74, 6) is -1.03. The number of nitrogens with zero attached hydrogens (tertiary/aromatic N) is 1. The van der Waals surface area contributed by atoms with Crippen LogP contribution in [0.3, 0.4) is 0 Å². The maximum atomic E-state index is 12.4. The molecular formula is C19H26N2O5S. The molecule has 2 rings (SSSR count). The lowest BCUT2D eigenvalue weighted by Crippen LogP contribution is -2.33. The van der Waals surface area contributed by atoms with Gasteiger partial charge in [-0.15, -0.1) is 0 Å². The minimum atomic E-state index is -3.57. The smallest absolute Gasteiger partial charge is 0.309 e. The molecule has 0 bridgehead atoms. The van der Waals surface area contributed by atoms with Crippen molar-refractivity contribution in [3.05, 3.63) is 36.4 Å². The Bertz CT molecular complexity index is 800. The zero-order chi connectivity index (χ0) is 20.0. The van der Waals surface area contributed by atoms with E-state index in [1.807, 2.05) is 12.2 Å². The van der Waals surface area contributed by atoms with Gasteiger partial charge in [-0.3, -0.25) is 9.59 Å². The summed E-state index contributed by atoms with van der Waals surface area (Å²) in [6, 6.07) is 5.72. The number of carbonyl (C=O) groups is 2. The highest BCUT2D eigenvalue weighted by Crippen LogP contribution is 2.20. The third-order valence-electron chi connectivity index (χ3n) is 4.49. The Morgan fingerprint density at radius 2 is 1.89 bits per heavy atom. The zero-order valence-corrected chi connectivity index (χ0v) is 16.7. The van der Waals surface area contributed by atoms with E-state index < -0.39 is 15.9 Å². The van der Waals surface area contributed by atoms with E-state index in [-0.39, 0.29) is 29.4 Å². The van der Waals surface area contributed by atoms with Crippen molar-refractivity contribution < 1.29 is 22.7 Å². The maximum absolute atomic E-state index is 12.4. The lowest BCUT2D eigenvalue weighted by Gasteiger charge is -2.21. The molecule has 0 aromatic heterocycles. The molecule has 1 aromatic rings. The number of ether oxygens (including phenoxy) is 1. The van der Waals surface area contributed by atoms with Gasteiger partial charge in [0.15, 0.2) is 6.61 Å². The van der Waals surface area contributed by atoms with Gasteiger partial charge in [-0.25, -0.2) is 8.42 Å². The minimum Gasteiger partial charge on any atom is -0.455 e. The number of carbonyl (C=O) groups excluding carboxylic acids is 2. The average Bonchev–Trinajstić information content (AvgIpc) is 2.66. The quantitative estimate of drug-likeness (QED) is 0.567. The van der Waals surface area contributed by atoms with Gasteiger partial charge in [-0.05, 0) is 57.4 Å². The molecule has 1 atom stereocenters. The monoisotopic (exact) mass is 394 g/mol. The summed E-state index contributed by atoms with van der Waals surface area (Å²) in [7, 11) is -2.05. The number of hydrogen-bond acceptors (Lipinski definition) is 5. The fraction of sp³-hybridized carbons (Fsp3) is 0.474. The first kappa shape index (κ1) is 21.1. The Hall–Kier alpha value is -2.19. The Morgan fingerprint density at radius 3 is 2.44 bits per heavy atom. The molecule has 0 saturated heterocycles. The van der Waals surface area contributed by atoms with Crippen molar-refractivity contribution in [2.75, 3.05) is 19.0 Å². The summed E-state index contributed by atoms with van der Waals surface area (Å²) in [5, 5.41) is 2.59. The molecule has 0 heterocycles. The number of nitrogens with one attached hydrogen (secondary N) is 1. The van der Waals surface area contributed by atoms with Crippen molar-refractivity contribution >= 4 is 27.6 Å². The predicted molar refractivity (Wildman–Crippen MR) is 103 cm³/mol. The van der Waals surface area contributed by atoms with E-state index in [1.54, 1.807) is 13.8 Å². The summed E-state index contributed by atoms with van der Waals surface area (Å²) in [4.78, 5) is 24.0. The molecule has 27 heavy (non-hydrogen) atoms. The molecule has 7 nitrogen and oxygen atoms in total. The molecule has 0 spiro atoms. The molecule has 148 valence electrons. The van der Waals surface area contributed by atoms with Crippen LogP contribution in [-0.2, 0) is 24.3 Å². The van der Waals surface area contributed by atoms with E-state index in [1.165, 1.54) is 35.6 Å². The van der Waals surface area contributed by atoms with Crippen LogP contribution in [-0.4, -0.2) is 44.3 Å². The molecule has 1 N–H and O–H groups in total. The number of amides is 1. The van der Waals surface area contributed by atoms with E-state index in [0.717, 1.165) is 12.8 Å². The van der Waals surface area contributed by atoms with Crippen LogP contribution in [0.15, 0.2) is 41.3 Å². The minimum absolute atomic E-state index is 0.147. The number of sulfonamides is 1. The Balaban J connectivity index is 1.89. The zero-order valence-electron chi connectivity index (χ0n) is 15.8. The largest absolute Gasteiger partial charge is 0.455 e. The average molecular weight is 394 g/mol. The molecule has 0 saturated carbocycles. The summed E-state index contributed by atoms with van der Waals surface area (Å²) in [6.07, 6.45) is 6.19. The van der Waals surface area contributed by atoms with E-state index in [0.29, 0.717) is 12.1 Å². The normalized spacial score (nSPS) is 17.1. The Labute approximate surface area is 160 Å². The van der Waals surface area contributed by atoms with Crippen LogP contribution in [0.5, 0.6) is 0 Å². The van der Waals surface area contributed by atoms with Gasteiger partial charge < -0.3 is 10.1 Å².